The van der Waals surface area contributed by atoms with Gasteiger partial charge in [-0.1, -0.05) is 24.3 Å². The number of nitrogens with one attached hydrogen (secondary N) is 1. The van der Waals surface area contributed by atoms with Gasteiger partial charge in [-0.05, 0) is 30.7 Å². The molecule has 0 heterocycles. The molecule has 2 rings (SSSR count). The lowest BCUT2D eigenvalue weighted by Crippen LogP contribution is -2.14. The number of ether oxygens (including phenoxy) is 1. The minimum atomic E-state index is -0.372. The van der Waals surface area contributed by atoms with Gasteiger partial charge in [0.15, 0.2) is 0 Å². The van der Waals surface area contributed by atoms with Gasteiger partial charge in [-0.25, -0.2) is 4.39 Å². The Morgan fingerprint density at radius 2 is 1.90 bits per heavy atom. The smallest absolute Gasteiger partial charge is 0.128 e. The third-order valence-electron chi connectivity index (χ3n) is 3.20. The molecule has 0 amide bonds. The van der Waals surface area contributed by atoms with E-state index in [1.807, 2.05) is 31.2 Å². The molecule has 0 spiro atoms. The summed E-state index contributed by atoms with van der Waals surface area (Å²) in [5.41, 5.74) is 2.35. The topological polar surface area (TPSA) is 41.5 Å². The van der Waals surface area contributed by atoms with Crippen LogP contribution < -0.4 is 10.1 Å². The van der Waals surface area contributed by atoms with Crippen molar-refractivity contribution in [3.8, 4) is 5.75 Å². The van der Waals surface area contributed by atoms with E-state index in [0.29, 0.717) is 25.3 Å². The van der Waals surface area contributed by atoms with Gasteiger partial charge in [0.2, 0.25) is 0 Å². The predicted molar refractivity (Wildman–Crippen MR) is 80.5 cm³/mol. The second-order valence-corrected chi connectivity index (χ2v) is 4.73. The first kappa shape index (κ1) is 15.5. The molecule has 21 heavy (non-hydrogen) atoms. The molecule has 0 saturated carbocycles. The maximum Gasteiger partial charge on any atom is 0.128 e. The summed E-state index contributed by atoms with van der Waals surface area (Å²) < 4.78 is 18.9. The van der Waals surface area contributed by atoms with E-state index in [9.17, 15) is 4.39 Å². The maximum absolute atomic E-state index is 13.3. The Balaban J connectivity index is 1.95. The molecule has 0 bridgehead atoms. The highest BCUT2D eigenvalue weighted by atomic mass is 19.1. The van der Waals surface area contributed by atoms with Crippen LogP contribution in [0.5, 0.6) is 5.75 Å². The molecule has 4 heteroatoms. The number of benzene rings is 2. The summed E-state index contributed by atoms with van der Waals surface area (Å²) in [5, 5.41) is 12.4. The molecule has 2 N–H and O–H groups in total. The maximum atomic E-state index is 13.3. The van der Waals surface area contributed by atoms with Crippen LogP contribution in [-0.4, -0.2) is 11.7 Å². The summed E-state index contributed by atoms with van der Waals surface area (Å²) >= 11 is 0. The zero-order chi connectivity index (χ0) is 15.1. The van der Waals surface area contributed by atoms with Gasteiger partial charge in [-0.3, -0.25) is 0 Å². The molecule has 0 aliphatic heterocycles. The Morgan fingerprint density at radius 3 is 2.67 bits per heavy atom. The van der Waals surface area contributed by atoms with Crippen LogP contribution in [0.15, 0.2) is 42.5 Å². The van der Waals surface area contributed by atoms with Gasteiger partial charge in [0.1, 0.15) is 11.6 Å². The van der Waals surface area contributed by atoms with E-state index >= 15 is 0 Å². The lowest BCUT2D eigenvalue weighted by atomic mass is 10.1. The van der Waals surface area contributed by atoms with Gasteiger partial charge in [0, 0.05) is 24.2 Å². The van der Waals surface area contributed by atoms with Gasteiger partial charge < -0.3 is 15.2 Å². The molecule has 3 nitrogen and oxygen atoms in total. The molecular formula is C17H20FNO2. The molecule has 2 aromatic rings. The van der Waals surface area contributed by atoms with Crippen molar-refractivity contribution in [2.75, 3.05) is 6.61 Å². The summed E-state index contributed by atoms with van der Waals surface area (Å²) in [7, 11) is 0. The molecule has 112 valence electrons. The van der Waals surface area contributed by atoms with Crippen LogP contribution in [0.3, 0.4) is 0 Å². The van der Waals surface area contributed by atoms with Crippen molar-refractivity contribution in [3.05, 3.63) is 65.0 Å². The summed E-state index contributed by atoms with van der Waals surface area (Å²) in [5.74, 6) is 0.505. The van der Waals surface area contributed by atoms with Crippen molar-refractivity contribution in [1.29, 1.82) is 0 Å². The number of halogens is 1. The zero-order valence-corrected chi connectivity index (χ0v) is 12.1. The molecule has 0 saturated heterocycles. The summed E-state index contributed by atoms with van der Waals surface area (Å²) in [6.45, 7) is 3.58. The Morgan fingerprint density at radius 1 is 1.10 bits per heavy atom. The average Bonchev–Trinajstić information content (AvgIpc) is 2.51. The second kappa shape index (κ2) is 7.76. The highest BCUT2D eigenvalue weighted by Gasteiger charge is 2.04. The fourth-order valence-corrected chi connectivity index (χ4v) is 2.15. The highest BCUT2D eigenvalue weighted by Crippen LogP contribution is 2.18. The third kappa shape index (κ3) is 4.28. The third-order valence-corrected chi connectivity index (χ3v) is 3.20. The molecule has 0 aliphatic carbocycles. The SMILES string of the molecule is CCOc1ccccc1CNCc1ccc(F)c(CO)c1. The fraction of sp³-hybridized carbons (Fsp3) is 0.294. The van der Waals surface area contributed by atoms with Crippen LogP contribution in [0.2, 0.25) is 0 Å². The predicted octanol–water partition coefficient (Wildman–Crippen LogP) is 3.01. The largest absolute Gasteiger partial charge is 0.494 e. The fourth-order valence-electron chi connectivity index (χ4n) is 2.15. The first-order valence-electron chi connectivity index (χ1n) is 7.04. The van der Waals surface area contributed by atoms with Gasteiger partial charge in [-0.2, -0.15) is 0 Å². The van der Waals surface area contributed by atoms with E-state index in [1.165, 1.54) is 6.07 Å². The monoisotopic (exact) mass is 289 g/mol. The number of rotatable bonds is 7. The molecule has 2 aromatic carbocycles. The van der Waals surface area contributed by atoms with Gasteiger partial charge in [0.25, 0.3) is 0 Å². The van der Waals surface area contributed by atoms with Crippen LogP contribution >= 0.6 is 0 Å². The standard InChI is InChI=1S/C17H20FNO2/c1-2-21-17-6-4-3-5-14(17)11-19-10-13-7-8-16(18)15(9-13)12-20/h3-9,19-20H,2,10-12H2,1H3. The van der Waals surface area contributed by atoms with Crippen LogP contribution in [0.4, 0.5) is 4.39 Å². The minimum absolute atomic E-state index is 0.285. The van der Waals surface area contributed by atoms with Crippen molar-refractivity contribution >= 4 is 0 Å². The van der Waals surface area contributed by atoms with E-state index in [-0.39, 0.29) is 12.4 Å². The molecule has 0 unspecified atom stereocenters. The van der Waals surface area contributed by atoms with Crippen molar-refractivity contribution in [3.63, 3.8) is 0 Å². The molecule has 0 aromatic heterocycles. The summed E-state index contributed by atoms with van der Waals surface area (Å²) in [6, 6.07) is 12.7. The van der Waals surface area contributed by atoms with E-state index in [0.717, 1.165) is 16.9 Å². The zero-order valence-electron chi connectivity index (χ0n) is 12.1. The normalized spacial score (nSPS) is 10.6. The number of para-hydroxylation sites is 1. The second-order valence-electron chi connectivity index (χ2n) is 4.73. The van der Waals surface area contributed by atoms with Crippen LogP contribution in [0, 0.1) is 5.82 Å². The van der Waals surface area contributed by atoms with Crippen LogP contribution in [0.25, 0.3) is 0 Å². The highest BCUT2D eigenvalue weighted by molar-refractivity contribution is 5.33. The molecule has 0 fully saturated rings. The van der Waals surface area contributed by atoms with Gasteiger partial charge in [0.05, 0.1) is 13.2 Å². The Bertz CT molecular complexity index is 587. The average molecular weight is 289 g/mol. The Hall–Kier alpha value is -1.91. The number of hydrogen-bond acceptors (Lipinski definition) is 3. The Kier molecular flexibility index (Phi) is 5.72. The number of aliphatic hydroxyl groups is 1. The first-order valence-corrected chi connectivity index (χ1v) is 7.04. The summed E-state index contributed by atoms with van der Waals surface area (Å²) in [4.78, 5) is 0. The van der Waals surface area contributed by atoms with Crippen molar-refractivity contribution in [2.24, 2.45) is 0 Å². The first-order chi connectivity index (χ1) is 10.2. The van der Waals surface area contributed by atoms with Crippen LogP contribution in [-0.2, 0) is 19.7 Å². The van der Waals surface area contributed by atoms with E-state index in [1.54, 1.807) is 12.1 Å². The molecule has 0 radical (unpaired) electrons. The van der Waals surface area contributed by atoms with Gasteiger partial charge in [-0.15, -0.1) is 0 Å². The summed E-state index contributed by atoms with van der Waals surface area (Å²) in [6.07, 6.45) is 0. The quantitative estimate of drug-likeness (QED) is 0.823. The number of aliphatic hydroxyl groups excluding tert-OH is 1. The van der Waals surface area contributed by atoms with E-state index in [4.69, 9.17) is 9.84 Å². The van der Waals surface area contributed by atoms with Gasteiger partial charge >= 0.3 is 0 Å². The minimum Gasteiger partial charge on any atom is -0.494 e. The van der Waals surface area contributed by atoms with Crippen molar-refractivity contribution in [2.45, 2.75) is 26.6 Å². The molecule has 0 aliphatic rings. The lowest BCUT2D eigenvalue weighted by molar-refractivity contribution is 0.275. The Labute approximate surface area is 124 Å². The van der Waals surface area contributed by atoms with E-state index < -0.39 is 0 Å². The number of hydrogen-bond donors (Lipinski definition) is 2. The molecule has 0 atom stereocenters. The molecular weight excluding hydrogens is 269 g/mol. The van der Waals surface area contributed by atoms with Crippen molar-refractivity contribution < 1.29 is 14.2 Å². The van der Waals surface area contributed by atoms with Crippen molar-refractivity contribution in [1.82, 2.24) is 5.32 Å². The van der Waals surface area contributed by atoms with E-state index in [2.05, 4.69) is 5.32 Å². The van der Waals surface area contributed by atoms with Crippen LogP contribution in [0.1, 0.15) is 23.6 Å². The lowest BCUT2D eigenvalue weighted by Gasteiger charge is -2.11.